The lowest BCUT2D eigenvalue weighted by Gasteiger charge is -2.16. The van der Waals surface area contributed by atoms with E-state index >= 15 is 0 Å². The molecule has 0 fully saturated rings. The molecule has 1 aromatic rings. The van der Waals surface area contributed by atoms with Crippen molar-refractivity contribution in [2.75, 3.05) is 0 Å². The van der Waals surface area contributed by atoms with Gasteiger partial charge in [-0.2, -0.15) is 0 Å². The molecule has 1 aromatic carbocycles. The Morgan fingerprint density at radius 2 is 1.13 bits per heavy atom. The van der Waals surface area contributed by atoms with E-state index in [9.17, 15) is 0 Å². The first-order valence-corrected chi connectivity index (χ1v) is 10.7. The van der Waals surface area contributed by atoms with Crippen LogP contribution in [0.4, 0.5) is 0 Å². The van der Waals surface area contributed by atoms with Crippen LogP contribution in [0.15, 0.2) is 15.0 Å². The number of hydrogen-bond acceptors (Lipinski definition) is 6. The molecule has 0 bridgehead atoms. The van der Waals surface area contributed by atoms with Crippen molar-refractivity contribution >= 4 is 82.6 Å². The Labute approximate surface area is 164 Å². The Hall–Kier alpha value is -0.360. The van der Waals surface area contributed by atoms with Crippen LogP contribution in [-0.2, 0) is 17.3 Å². The van der Waals surface area contributed by atoms with Crippen molar-refractivity contribution in [3.63, 3.8) is 0 Å². The Kier molecular flexibility index (Phi) is 8.83. The molecule has 0 unspecified atom stereocenters. The number of amidine groups is 3. The Bertz CT molecular complexity index is 595. The highest BCUT2D eigenvalue weighted by molar-refractivity contribution is 9.11. The minimum atomic E-state index is 0.0481. The largest absolute Gasteiger partial charge is 0.379 e. The normalized spacial score (nSPS) is 10.5. The van der Waals surface area contributed by atoms with Crippen LogP contribution in [0.5, 0.6) is 0 Å². The molecule has 0 spiro atoms. The van der Waals surface area contributed by atoms with Gasteiger partial charge >= 0.3 is 0 Å². The fraction of sp³-hybridized carbons (Fsp3) is 0.250. The molecular weight excluding hydrogens is 484 g/mol. The summed E-state index contributed by atoms with van der Waals surface area (Å²) in [6.07, 6.45) is 0. The number of nitrogens with two attached hydrogens (primary N) is 3. The smallest absolute Gasteiger partial charge is 0.151 e. The molecule has 0 aliphatic rings. The predicted octanol–water partition coefficient (Wildman–Crippen LogP) is 3.59. The fourth-order valence-electron chi connectivity index (χ4n) is 1.62. The van der Waals surface area contributed by atoms with Crippen LogP contribution in [0.25, 0.3) is 0 Å². The van der Waals surface area contributed by atoms with E-state index in [1.54, 1.807) is 0 Å². The summed E-state index contributed by atoms with van der Waals surface area (Å²) in [5.74, 6) is 1.64. The van der Waals surface area contributed by atoms with E-state index < -0.39 is 0 Å². The van der Waals surface area contributed by atoms with Gasteiger partial charge in [-0.15, -0.1) is 0 Å². The summed E-state index contributed by atoms with van der Waals surface area (Å²) in [4.78, 5) is 0. The number of hydrogen-bond donors (Lipinski definition) is 6. The number of nitrogens with one attached hydrogen (secondary N) is 3. The third-order valence-electron chi connectivity index (χ3n) is 2.58. The number of benzene rings is 1. The molecule has 126 valence electrons. The summed E-state index contributed by atoms with van der Waals surface area (Å²) in [6, 6.07) is 2.00. The molecule has 0 atom stereocenters. The highest BCUT2D eigenvalue weighted by atomic mass is 79.9. The van der Waals surface area contributed by atoms with E-state index in [0.29, 0.717) is 17.3 Å². The molecular formula is C12H16Br2N6S3. The predicted molar refractivity (Wildman–Crippen MR) is 111 cm³/mol. The molecule has 0 radical (unpaired) electrons. The molecule has 0 heterocycles. The van der Waals surface area contributed by atoms with Gasteiger partial charge in [0.1, 0.15) is 0 Å². The van der Waals surface area contributed by atoms with E-state index in [-0.39, 0.29) is 15.5 Å². The molecule has 1 rings (SSSR count). The molecule has 0 aliphatic carbocycles. The zero-order valence-corrected chi connectivity index (χ0v) is 17.5. The van der Waals surface area contributed by atoms with Crippen LogP contribution in [0.1, 0.15) is 16.7 Å². The fourth-order valence-corrected chi connectivity index (χ4v) is 5.48. The number of halogens is 2. The lowest BCUT2D eigenvalue weighted by Crippen LogP contribution is -2.07. The van der Waals surface area contributed by atoms with Gasteiger partial charge in [0, 0.05) is 26.2 Å². The van der Waals surface area contributed by atoms with Gasteiger partial charge in [-0.05, 0) is 16.7 Å². The van der Waals surface area contributed by atoms with E-state index in [0.717, 1.165) is 25.6 Å². The minimum Gasteiger partial charge on any atom is -0.379 e. The van der Waals surface area contributed by atoms with Crippen LogP contribution < -0.4 is 17.2 Å². The second-order valence-corrected chi connectivity index (χ2v) is 8.90. The third kappa shape index (κ3) is 6.96. The Morgan fingerprint density at radius 1 is 0.783 bits per heavy atom. The molecule has 0 saturated heterocycles. The summed E-state index contributed by atoms with van der Waals surface area (Å²) in [6.45, 7) is 0. The average Bonchev–Trinajstić information content (AvgIpc) is 2.44. The lowest BCUT2D eigenvalue weighted by molar-refractivity contribution is 1.22. The van der Waals surface area contributed by atoms with Crippen molar-refractivity contribution < 1.29 is 0 Å². The summed E-state index contributed by atoms with van der Waals surface area (Å²) in [7, 11) is 0. The molecule has 6 nitrogen and oxygen atoms in total. The first-order valence-electron chi connectivity index (χ1n) is 6.11. The lowest BCUT2D eigenvalue weighted by atomic mass is 10.1. The molecule has 0 amide bonds. The maximum absolute atomic E-state index is 7.38. The number of rotatable bonds is 6. The van der Waals surface area contributed by atoms with Crippen molar-refractivity contribution in [3.05, 3.63) is 31.7 Å². The molecule has 0 aliphatic heterocycles. The van der Waals surface area contributed by atoms with Crippen LogP contribution in [-0.4, -0.2) is 15.5 Å². The van der Waals surface area contributed by atoms with Gasteiger partial charge in [0.2, 0.25) is 0 Å². The van der Waals surface area contributed by atoms with Gasteiger partial charge in [0.25, 0.3) is 0 Å². The van der Waals surface area contributed by atoms with Crippen LogP contribution >= 0.6 is 67.1 Å². The van der Waals surface area contributed by atoms with E-state index in [1.807, 2.05) is 6.07 Å². The Morgan fingerprint density at radius 3 is 1.48 bits per heavy atom. The van der Waals surface area contributed by atoms with Gasteiger partial charge in [0.15, 0.2) is 15.5 Å². The maximum Gasteiger partial charge on any atom is 0.151 e. The second-order valence-electron chi connectivity index (χ2n) is 4.26. The van der Waals surface area contributed by atoms with Gasteiger partial charge in [-0.25, -0.2) is 0 Å². The highest BCUT2D eigenvalue weighted by Gasteiger charge is 2.16. The topological polar surface area (TPSA) is 150 Å². The van der Waals surface area contributed by atoms with E-state index in [4.69, 9.17) is 33.4 Å². The molecule has 9 N–H and O–H groups in total. The Balaban J connectivity index is 3.19. The van der Waals surface area contributed by atoms with E-state index in [2.05, 4.69) is 31.9 Å². The van der Waals surface area contributed by atoms with Crippen LogP contribution in [0.2, 0.25) is 0 Å². The zero-order valence-electron chi connectivity index (χ0n) is 11.9. The van der Waals surface area contributed by atoms with Gasteiger partial charge in [-0.1, -0.05) is 73.2 Å². The van der Waals surface area contributed by atoms with Crippen molar-refractivity contribution in [2.24, 2.45) is 17.2 Å². The second kappa shape index (κ2) is 9.82. The summed E-state index contributed by atoms with van der Waals surface area (Å²) < 4.78 is 1.81. The monoisotopic (exact) mass is 498 g/mol. The van der Waals surface area contributed by atoms with E-state index in [1.165, 1.54) is 35.3 Å². The molecule has 11 heteroatoms. The summed E-state index contributed by atoms with van der Waals surface area (Å²) in [5.41, 5.74) is 19.2. The standard InChI is InChI=1S/C12H16Br2N6S3/c13-8-5(2-21-10(15)16)1-6(3-22-11(17)18)9(14)7(8)4-23-12(19)20/h1H,2-4H2,(H3,15,16)(H3,17,18)(H3,19,20). The van der Waals surface area contributed by atoms with Gasteiger partial charge < -0.3 is 17.2 Å². The summed E-state index contributed by atoms with van der Waals surface area (Å²) in [5, 5.41) is 22.3. The van der Waals surface area contributed by atoms with Crippen LogP contribution in [0.3, 0.4) is 0 Å². The summed E-state index contributed by atoms with van der Waals surface area (Å²) >= 11 is 10.9. The van der Waals surface area contributed by atoms with Crippen LogP contribution in [0, 0.1) is 16.2 Å². The maximum atomic E-state index is 7.38. The SMILES string of the molecule is N=C(N)SCc1cc(CSC(=N)N)c(Br)c(CSC(=N)N)c1Br. The zero-order chi connectivity index (χ0) is 17.6. The van der Waals surface area contributed by atoms with Crippen molar-refractivity contribution in [2.45, 2.75) is 17.3 Å². The van der Waals surface area contributed by atoms with Crippen molar-refractivity contribution in [1.29, 1.82) is 16.2 Å². The molecule has 0 aromatic heterocycles. The first kappa shape index (κ1) is 20.7. The minimum absolute atomic E-state index is 0.0481. The molecule has 0 saturated carbocycles. The van der Waals surface area contributed by atoms with Crippen molar-refractivity contribution in [3.8, 4) is 0 Å². The average molecular weight is 500 g/mol. The third-order valence-corrected chi connectivity index (χ3v) is 6.83. The molecule has 23 heavy (non-hydrogen) atoms. The van der Waals surface area contributed by atoms with Crippen molar-refractivity contribution in [1.82, 2.24) is 0 Å². The van der Waals surface area contributed by atoms with Gasteiger partial charge in [-0.3, -0.25) is 16.2 Å². The quantitative estimate of drug-likeness (QED) is 0.260. The van der Waals surface area contributed by atoms with Gasteiger partial charge in [0.05, 0.1) is 0 Å². The highest BCUT2D eigenvalue weighted by Crippen LogP contribution is 2.37. The number of thioether (sulfide) groups is 3. The first-order chi connectivity index (χ1) is 10.7.